The maximum Gasteiger partial charge on any atom is 0.287 e. The van der Waals surface area contributed by atoms with Crippen LogP contribution in [0.25, 0.3) is 0 Å². The highest BCUT2D eigenvalue weighted by Crippen LogP contribution is 2.20. The van der Waals surface area contributed by atoms with Crippen LogP contribution in [0.15, 0.2) is 62.6 Å². The highest BCUT2D eigenvalue weighted by Gasteiger charge is 2.18. The second-order valence-electron chi connectivity index (χ2n) is 6.18. The minimum atomic E-state index is -0.265. The molecule has 0 spiro atoms. The number of hydrogen-bond donors (Lipinski definition) is 1. The van der Waals surface area contributed by atoms with Crippen LogP contribution in [0.1, 0.15) is 27.9 Å². The molecule has 26 heavy (non-hydrogen) atoms. The number of nitrogens with one attached hydrogen (secondary N) is 1. The van der Waals surface area contributed by atoms with Gasteiger partial charge < -0.3 is 19.2 Å². The lowest BCUT2D eigenvalue weighted by molar-refractivity contribution is 0.0912. The summed E-state index contributed by atoms with van der Waals surface area (Å²) in [6.45, 7) is 0.777. The van der Waals surface area contributed by atoms with Crippen LogP contribution >= 0.6 is 11.3 Å². The number of aromatic nitrogens is 1. The third kappa shape index (κ3) is 4.30. The van der Waals surface area contributed by atoms with Crippen LogP contribution in [0.2, 0.25) is 0 Å². The Balaban J connectivity index is 1.63. The first-order valence-electron chi connectivity index (χ1n) is 8.25. The van der Waals surface area contributed by atoms with Crippen LogP contribution in [0.5, 0.6) is 0 Å². The minimum Gasteiger partial charge on any atom is -0.454 e. The third-order valence-corrected chi connectivity index (χ3v) is 4.82. The first-order valence-corrected chi connectivity index (χ1v) is 9.20. The monoisotopic (exact) mass is 371 g/mol. The molecule has 0 saturated heterocycles. The summed E-state index contributed by atoms with van der Waals surface area (Å²) in [5, 5.41) is 7.03. The molecular formula is C19H21N3O3S. The SMILES string of the molecule is CN(C)[C@H](CNC(=O)c1ccc(Cn2ccccc2=O)o1)c1ccsc1. The fourth-order valence-electron chi connectivity index (χ4n) is 2.68. The maximum atomic E-state index is 12.4. The zero-order valence-corrected chi connectivity index (χ0v) is 15.5. The van der Waals surface area contributed by atoms with E-state index in [2.05, 4.69) is 21.7 Å². The molecule has 0 unspecified atom stereocenters. The van der Waals surface area contributed by atoms with Gasteiger partial charge >= 0.3 is 0 Å². The van der Waals surface area contributed by atoms with Crippen molar-refractivity contribution in [3.05, 3.63) is 80.8 Å². The number of amides is 1. The van der Waals surface area contributed by atoms with Gasteiger partial charge in [0.1, 0.15) is 5.76 Å². The summed E-state index contributed by atoms with van der Waals surface area (Å²) in [6, 6.07) is 10.5. The van der Waals surface area contributed by atoms with E-state index in [4.69, 9.17) is 4.42 Å². The molecule has 7 heteroatoms. The van der Waals surface area contributed by atoms with Crippen LogP contribution < -0.4 is 10.9 Å². The lowest BCUT2D eigenvalue weighted by Crippen LogP contribution is -2.34. The number of rotatable bonds is 7. The van der Waals surface area contributed by atoms with Gasteiger partial charge in [0.05, 0.1) is 12.6 Å². The summed E-state index contributed by atoms with van der Waals surface area (Å²) in [4.78, 5) is 26.2. The number of carbonyl (C=O) groups is 1. The van der Waals surface area contributed by atoms with E-state index in [1.54, 1.807) is 41.8 Å². The van der Waals surface area contributed by atoms with Crippen LogP contribution in [0, 0.1) is 0 Å². The normalized spacial score (nSPS) is 12.3. The maximum absolute atomic E-state index is 12.4. The Hall–Kier alpha value is -2.64. The van der Waals surface area contributed by atoms with E-state index in [-0.39, 0.29) is 23.3 Å². The summed E-state index contributed by atoms with van der Waals surface area (Å²) in [6.07, 6.45) is 1.69. The molecule has 3 heterocycles. The van der Waals surface area contributed by atoms with Crippen LogP contribution in [-0.2, 0) is 6.54 Å². The van der Waals surface area contributed by atoms with Crippen LogP contribution in [0.4, 0.5) is 0 Å². The Morgan fingerprint density at radius 1 is 1.27 bits per heavy atom. The Labute approximate surface area is 155 Å². The van der Waals surface area contributed by atoms with Crippen molar-refractivity contribution in [2.24, 2.45) is 0 Å². The zero-order valence-electron chi connectivity index (χ0n) is 14.7. The average molecular weight is 371 g/mol. The van der Waals surface area contributed by atoms with Crippen molar-refractivity contribution in [1.29, 1.82) is 0 Å². The summed E-state index contributed by atoms with van der Waals surface area (Å²) in [7, 11) is 3.97. The van der Waals surface area contributed by atoms with E-state index >= 15 is 0 Å². The molecule has 0 aliphatic heterocycles. The number of furan rings is 1. The second kappa shape index (κ2) is 8.16. The lowest BCUT2D eigenvalue weighted by atomic mass is 10.1. The molecule has 1 amide bonds. The summed E-state index contributed by atoms with van der Waals surface area (Å²) in [5.74, 6) is 0.538. The fourth-order valence-corrected chi connectivity index (χ4v) is 3.39. The molecule has 1 N–H and O–H groups in total. The predicted octanol–water partition coefficient (Wildman–Crippen LogP) is 2.58. The molecule has 0 bridgehead atoms. The van der Waals surface area contributed by atoms with Crippen molar-refractivity contribution in [3.63, 3.8) is 0 Å². The van der Waals surface area contributed by atoms with Crippen molar-refractivity contribution in [2.75, 3.05) is 20.6 Å². The van der Waals surface area contributed by atoms with Crippen molar-refractivity contribution in [3.8, 4) is 0 Å². The van der Waals surface area contributed by atoms with E-state index in [1.807, 2.05) is 19.5 Å². The van der Waals surface area contributed by atoms with E-state index in [9.17, 15) is 9.59 Å². The number of hydrogen-bond acceptors (Lipinski definition) is 5. The molecule has 0 aromatic carbocycles. The highest BCUT2D eigenvalue weighted by molar-refractivity contribution is 7.07. The van der Waals surface area contributed by atoms with Gasteiger partial charge in [0.2, 0.25) is 0 Å². The molecule has 6 nitrogen and oxygen atoms in total. The summed E-state index contributed by atoms with van der Waals surface area (Å²) < 4.78 is 7.13. The van der Waals surface area contributed by atoms with Gasteiger partial charge in [-0.3, -0.25) is 9.59 Å². The molecule has 3 rings (SSSR count). The standard InChI is InChI=1S/C19H21N3O3S/c1-21(2)16(14-8-10-26-13-14)11-20-19(24)17-7-6-15(25-17)12-22-9-4-3-5-18(22)23/h3-10,13,16H,11-12H2,1-2H3,(H,20,24)/t16-/m1/s1. The van der Waals surface area contributed by atoms with Crippen molar-refractivity contribution >= 4 is 17.2 Å². The van der Waals surface area contributed by atoms with Gasteiger partial charge in [-0.2, -0.15) is 11.3 Å². The topological polar surface area (TPSA) is 67.5 Å². The molecule has 0 aliphatic rings. The van der Waals surface area contributed by atoms with E-state index in [0.29, 0.717) is 18.8 Å². The quantitative estimate of drug-likeness (QED) is 0.693. The smallest absolute Gasteiger partial charge is 0.287 e. The molecule has 0 saturated carbocycles. The van der Waals surface area contributed by atoms with Gasteiger partial charge in [0.25, 0.3) is 11.5 Å². The van der Waals surface area contributed by atoms with Gasteiger partial charge in [-0.25, -0.2) is 0 Å². The molecular weight excluding hydrogens is 350 g/mol. The highest BCUT2D eigenvalue weighted by atomic mass is 32.1. The van der Waals surface area contributed by atoms with Gasteiger partial charge in [-0.1, -0.05) is 6.07 Å². The first-order chi connectivity index (χ1) is 12.5. The lowest BCUT2D eigenvalue weighted by Gasteiger charge is -2.23. The van der Waals surface area contributed by atoms with Gasteiger partial charge in [0, 0.05) is 18.8 Å². The zero-order chi connectivity index (χ0) is 18.5. The summed E-state index contributed by atoms with van der Waals surface area (Å²) in [5.41, 5.74) is 1.06. The molecule has 3 aromatic heterocycles. The van der Waals surface area contributed by atoms with Crippen LogP contribution in [0.3, 0.4) is 0 Å². The first kappa shape index (κ1) is 18.2. The van der Waals surface area contributed by atoms with E-state index in [1.165, 1.54) is 16.2 Å². The Morgan fingerprint density at radius 3 is 2.81 bits per heavy atom. The molecule has 0 aliphatic carbocycles. The molecule has 1 atom stereocenters. The second-order valence-corrected chi connectivity index (χ2v) is 6.96. The van der Waals surface area contributed by atoms with Crippen molar-refractivity contribution < 1.29 is 9.21 Å². The third-order valence-electron chi connectivity index (χ3n) is 4.12. The van der Waals surface area contributed by atoms with Crippen molar-refractivity contribution in [1.82, 2.24) is 14.8 Å². The molecule has 0 fully saturated rings. The predicted molar refractivity (Wildman–Crippen MR) is 102 cm³/mol. The average Bonchev–Trinajstić information content (AvgIpc) is 3.29. The number of pyridine rings is 1. The number of carbonyl (C=O) groups excluding carboxylic acids is 1. The Bertz CT molecular complexity index is 912. The number of nitrogens with zero attached hydrogens (tertiary/aromatic N) is 2. The van der Waals surface area contributed by atoms with E-state index < -0.39 is 0 Å². The fraction of sp³-hybridized carbons (Fsp3) is 0.263. The molecule has 3 aromatic rings. The number of thiophene rings is 1. The number of likely N-dealkylation sites (N-methyl/N-ethyl adjacent to an activating group) is 1. The van der Waals surface area contributed by atoms with E-state index in [0.717, 1.165) is 0 Å². The molecule has 0 radical (unpaired) electrons. The Kier molecular flexibility index (Phi) is 5.70. The van der Waals surface area contributed by atoms with Crippen LogP contribution in [-0.4, -0.2) is 36.0 Å². The largest absolute Gasteiger partial charge is 0.454 e. The summed E-state index contributed by atoms with van der Waals surface area (Å²) >= 11 is 1.64. The van der Waals surface area contributed by atoms with Gasteiger partial charge in [-0.15, -0.1) is 0 Å². The minimum absolute atomic E-state index is 0.0996. The van der Waals surface area contributed by atoms with Gasteiger partial charge in [-0.05, 0) is 54.7 Å². The Morgan fingerprint density at radius 2 is 2.12 bits per heavy atom. The van der Waals surface area contributed by atoms with Crippen molar-refractivity contribution in [2.45, 2.75) is 12.6 Å². The molecule has 136 valence electrons. The van der Waals surface area contributed by atoms with Gasteiger partial charge in [0.15, 0.2) is 5.76 Å².